The van der Waals surface area contributed by atoms with Gasteiger partial charge in [-0.15, -0.1) is 0 Å². The fraction of sp³-hybridized carbons (Fsp3) is 0.556. The Labute approximate surface area is 78.6 Å². The van der Waals surface area contributed by atoms with E-state index < -0.39 is 0 Å². The topological polar surface area (TPSA) is 63.8 Å². The van der Waals surface area contributed by atoms with E-state index in [1.54, 1.807) is 0 Å². The van der Waals surface area contributed by atoms with E-state index >= 15 is 0 Å². The van der Waals surface area contributed by atoms with Gasteiger partial charge in [0, 0.05) is 18.7 Å². The molecule has 4 nitrogen and oxygen atoms in total. The van der Waals surface area contributed by atoms with Crippen molar-refractivity contribution in [3.63, 3.8) is 0 Å². The summed E-state index contributed by atoms with van der Waals surface area (Å²) < 4.78 is 0. The van der Waals surface area contributed by atoms with Crippen molar-refractivity contribution in [1.82, 2.24) is 9.97 Å². The number of aromatic nitrogens is 2. The minimum Gasteiger partial charge on any atom is -0.368 e. The number of hydrogen-bond acceptors (Lipinski definition) is 4. The average Bonchev–Trinajstić information content (AvgIpc) is 2.01. The summed E-state index contributed by atoms with van der Waals surface area (Å²) in [7, 11) is 0. The quantitative estimate of drug-likeness (QED) is 0.730. The molecule has 0 aliphatic heterocycles. The molecular weight excluding hydrogens is 164 g/mol. The normalized spacial score (nSPS) is 10.5. The first-order chi connectivity index (χ1) is 6.11. The van der Waals surface area contributed by atoms with Gasteiger partial charge >= 0.3 is 0 Å². The molecule has 1 aromatic rings. The first kappa shape index (κ1) is 9.92. The van der Waals surface area contributed by atoms with Crippen LogP contribution in [0, 0.1) is 6.92 Å². The van der Waals surface area contributed by atoms with Gasteiger partial charge in [0.2, 0.25) is 0 Å². The first-order valence-corrected chi connectivity index (χ1v) is 4.43. The third kappa shape index (κ3) is 2.99. The smallest absolute Gasteiger partial charge is 0.130 e. The van der Waals surface area contributed by atoms with E-state index in [9.17, 15) is 0 Å². The van der Waals surface area contributed by atoms with Crippen molar-refractivity contribution in [2.75, 3.05) is 5.32 Å². The molecule has 1 rings (SSSR count). The van der Waals surface area contributed by atoms with Gasteiger partial charge in [0.1, 0.15) is 11.6 Å². The predicted molar refractivity (Wildman–Crippen MR) is 53.4 cm³/mol. The maximum Gasteiger partial charge on any atom is 0.130 e. The Balaban J connectivity index is 2.88. The summed E-state index contributed by atoms with van der Waals surface area (Å²) in [6.45, 7) is 6.46. The number of nitrogens with two attached hydrogens (primary N) is 1. The van der Waals surface area contributed by atoms with Crippen LogP contribution in [0.5, 0.6) is 0 Å². The van der Waals surface area contributed by atoms with E-state index in [-0.39, 0.29) is 0 Å². The molecule has 1 heterocycles. The Bertz CT molecular complexity index is 283. The lowest BCUT2D eigenvalue weighted by molar-refractivity contribution is 0.866. The molecule has 0 saturated heterocycles. The maximum absolute atomic E-state index is 5.50. The molecule has 0 unspecified atom stereocenters. The van der Waals surface area contributed by atoms with E-state index in [4.69, 9.17) is 5.73 Å². The SMILES string of the molecule is Cc1nc(CN)cc(NC(C)C)n1. The van der Waals surface area contributed by atoms with E-state index in [2.05, 4.69) is 29.1 Å². The van der Waals surface area contributed by atoms with Crippen molar-refractivity contribution in [2.45, 2.75) is 33.4 Å². The van der Waals surface area contributed by atoms with Gasteiger partial charge in [-0.25, -0.2) is 9.97 Å². The zero-order valence-electron chi connectivity index (χ0n) is 8.33. The van der Waals surface area contributed by atoms with Gasteiger partial charge in [-0.05, 0) is 20.8 Å². The van der Waals surface area contributed by atoms with Crippen LogP contribution < -0.4 is 11.1 Å². The Hall–Kier alpha value is -1.16. The Morgan fingerprint density at radius 3 is 2.69 bits per heavy atom. The summed E-state index contributed by atoms with van der Waals surface area (Å²) in [4.78, 5) is 8.43. The molecule has 0 amide bonds. The summed E-state index contributed by atoms with van der Waals surface area (Å²) in [6.07, 6.45) is 0. The highest BCUT2D eigenvalue weighted by Crippen LogP contribution is 2.07. The van der Waals surface area contributed by atoms with Crippen molar-refractivity contribution in [1.29, 1.82) is 0 Å². The summed E-state index contributed by atoms with van der Waals surface area (Å²) in [6, 6.07) is 2.26. The molecule has 0 radical (unpaired) electrons. The van der Waals surface area contributed by atoms with Crippen LogP contribution in [0.15, 0.2) is 6.07 Å². The molecule has 0 aliphatic carbocycles. The fourth-order valence-electron chi connectivity index (χ4n) is 1.10. The predicted octanol–water partition coefficient (Wildman–Crippen LogP) is 1.06. The van der Waals surface area contributed by atoms with Crippen LogP contribution >= 0.6 is 0 Å². The average molecular weight is 180 g/mol. The van der Waals surface area contributed by atoms with Crippen LogP contribution in [-0.2, 0) is 6.54 Å². The molecule has 0 atom stereocenters. The lowest BCUT2D eigenvalue weighted by Gasteiger charge is -2.10. The third-order valence-corrected chi connectivity index (χ3v) is 1.54. The second-order valence-electron chi connectivity index (χ2n) is 3.29. The highest BCUT2D eigenvalue weighted by Gasteiger charge is 2.01. The van der Waals surface area contributed by atoms with Crippen molar-refractivity contribution in [3.05, 3.63) is 17.6 Å². The van der Waals surface area contributed by atoms with Gasteiger partial charge in [0.25, 0.3) is 0 Å². The Morgan fingerprint density at radius 2 is 2.15 bits per heavy atom. The van der Waals surface area contributed by atoms with Gasteiger partial charge in [-0.2, -0.15) is 0 Å². The Kier molecular flexibility index (Phi) is 3.19. The van der Waals surface area contributed by atoms with Crippen LogP contribution in [0.1, 0.15) is 25.4 Å². The summed E-state index contributed by atoms with van der Waals surface area (Å²) in [5.41, 5.74) is 6.37. The van der Waals surface area contributed by atoms with Gasteiger partial charge in [-0.3, -0.25) is 0 Å². The minimum atomic E-state index is 0.375. The highest BCUT2D eigenvalue weighted by molar-refractivity contribution is 5.36. The summed E-state index contributed by atoms with van der Waals surface area (Å²) >= 11 is 0. The van der Waals surface area contributed by atoms with Crippen molar-refractivity contribution in [2.24, 2.45) is 5.73 Å². The second kappa shape index (κ2) is 4.18. The van der Waals surface area contributed by atoms with Crippen molar-refractivity contribution >= 4 is 5.82 Å². The zero-order chi connectivity index (χ0) is 9.84. The van der Waals surface area contributed by atoms with Crippen LogP contribution in [0.4, 0.5) is 5.82 Å². The lowest BCUT2D eigenvalue weighted by atomic mass is 10.3. The first-order valence-electron chi connectivity index (χ1n) is 4.43. The largest absolute Gasteiger partial charge is 0.368 e. The Morgan fingerprint density at radius 1 is 1.46 bits per heavy atom. The van der Waals surface area contributed by atoms with Crippen LogP contribution in [0.3, 0.4) is 0 Å². The summed E-state index contributed by atoms with van der Waals surface area (Å²) in [5.74, 6) is 1.61. The van der Waals surface area contributed by atoms with Gasteiger partial charge in [-0.1, -0.05) is 0 Å². The number of nitrogens with zero attached hydrogens (tertiary/aromatic N) is 2. The molecule has 0 spiro atoms. The number of rotatable bonds is 3. The van der Waals surface area contributed by atoms with Gasteiger partial charge < -0.3 is 11.1 Å². The van der Waals surface area contributed by atoms with Crippen LogP contribution in [0.25, 0.3) is 0 Å². The minimum absolute atomic E-state index is 0.375. The van der Waals surface area contributed by atoms with Crippen LogP contribution in [0.2, 0.25) is 0 Å². The molecule has 0 bridgehead atoms. The number of anilines is 1. The molecule has 3 N–H and O–H groups in total. The molecule has 72 valence electrons. The van der Waals surface area contributed by atoms with E-state index in [1.807, 2.05) is 13.0 Å². The summed E-state index contributed by atoms with van der Waals surface area (Å²) in [5, 5.41) is 3.21. The number of aryl methyl sites for hydroxylation is 1. The molecule has 1 aromatic heterocycles. The molecule has 0 aromatic carbocycles. The number of nitrogens with one attached hydrogen (secondary N) is 1. The van der Waals surface area contributed by atoms with E-state index in [0.29, 0.717) is 12.6 Å². The maximum atomic E-state index is 5.50. The molecule has 0 fully saturated rings. The van der Waals surface area contributed by atoms with Gasteiger partial charge in [0.05, 0.1) is 5.69 Å². The van der Waals surface area contributed by atoms with E-state index in [1.165, 1.54) is 0 Å². The third-order valence-electron chi connectivity index (χ3n) is 1.54. The van der Waals surface area contributed by atoms with Crippen molar-refractivity contribution < 1.29 is 0 Å². The highest BCUT2D eigenvalue weighted by atomic mass is 15.0. The number of hydrogen-bond donors (Lipinski definition) is 2. The van der Waals surface area contributed by atoms with Gasteiger partial charge in [0.15, 0.2) is 0 Å². The monoisotopic (exact) mass is 180 g/mol. The molecular formula is C9H16N4. The second-order valence-corrected chi connectivity index (χ2v) is 3.29. The zero-order valence-corrected chi connectivity index (χ0v) is 8.33. The lowest BCUT2D eigenvalue weighted by Crippen LogP contribution is -2.13. The molecule has 13 heavy (non-hydrogen) atoms. The molecule has 4 heteroatoms. The van der Waals surface area contributed by atoms with E-state index in [0.717, 1.165) is 17.3 Å². The van der Waals surface area contributed by atoms with Crippen LogP contribution in [-0.4, -0.2) is 16.0 Å². The van der Waals surface area contributed by atoms with Crippen molar-refractivity contribution in [3.8, 4) is 0 Å². The fourth-order valence-corrected chi connectivity index (χ4v) is 1.10. The molecule has 0 aliphatic rings. The molecule has 0 saturated carbocycles. The standard InChI is InChI=1S/C9H16N4/c1-6(2)11-9-4-8(5-10)12-7(3)13-9/h4,6H,5,10H2,1-3H3,(H,11,12,13).